The lowest BCUT2D eigenvalue weighted by atomic mass is 10.1. The summed E-state index contributed by atoms with van der Waals surface area (Å²) in [7, 11) is 0. The van der Waals surface area contributed by atoms with Gasteiger partial charge in [0.1, 0.15) is 5.15 Å². The van der Waals surface area contributed by atoms with E-state index < -0.39 is 5.69 Å². The summed E-state index contributed by atoms with van der Waals surface area (Å²) in [5.74, 6) is -0.0210. The van der Waals surface area contributed by atoms with Crippen molar-refractivity contribution in [3.8, 4) is 0 Å². The van der Waals surface area contributed by atoms with Gasteiger partial charge in [0, 0.05) is 26.2 Å². The summed E-state index contributed by atoms with van der Waals surface area (Å²) in [6, 6.07) is 0. The first kappa shape index (κ1) is 16.3. The molecule has 1 aliphatic rings. The Morgan fingerprint density at radius 2 is 1.90 bits per heavy atom. The number of nitrogens with zero attached hydrogens (tertiary/aromatic N) is 2. The predicted molar refractivity (Wildman–Crippen MR) is 82.3 cm³/mol. The fourth-order valence-corrected chi connectivity index (χ4v) is 2.92. The maximum absolute atomic E-state index is 12.4. The lowest BCUT2D eigenvalue weighted by molar-refractivity contribution is 0.0368. The molecular weight excluding hydrogens is 294 g/mol. The summed E-state index contributed by atoms with van der Waals surface area (Å²) in [6.45, 7) is 8.35. The van der Waals surface area contributed by atoms with Crippen molar-refractivity contribution in [2.75, 3.05) is 32.8 Å². The quantitative estimate of drug-likeness (QED) is 0.824. The Bertz CT molecular complexity index is 588. The van der Waals surface area contributed by atoms with Gasteiger partial charge in [-0.05, 0) is 12.3 Å². The van der Waals surface area contributed by atoms with Crippen LogP contribution in [0.25, 0.3) is 0 Å². The summed E-state index contributed by atoms with van der Waals surface area (Å²) in [5.41, 5.74) is -0.236. The van der Waals surface area contributed by atoms with Gasteiger partial charge >= 0.3 is 5.69 Å². The first-order valence-corrected chi connectivity index (χ1v) is 7.71. The number of rotatable bonds is 5. The third kappa shape index (κ3) is 3.96. The molecular formula is C14H22ClN3O3. The van der Waals surface area contributed by atoms with E-state index in [2.05, 4.69) is 9.88 Å². The summed E-state index contributed by atoms with van der Waals surface area (Å²) >= 11 is 5.97. The molecule has 1 aliphatic heterocycles. The van der Waals surface area contributed by atoms with Gasteiger partial charge in [-0.25, -0.2) is 4.79 Å². The second-order valence-electron chi connectivity index (χ2n) is 5.58. The van der Waals surface area contributed by atoms with Gasteiger partial charge in [-0.3, -0.25) is 19.2 Å². The lowest BCUT2D eigenvalue weighted by Gasteiger charge is -2.26. The van der Waals surface area contributed by atoms with E-state index in [4.69, 9.17) is 16.3 Å². The Hall–Kier alpha value is -1.11. The highest BCUT2D eigenvalue weighted by molar-refractivity contribution is 6.30. The van der Waals surface area contributed by atoms with Crippen molar-refractivity contribution in [1.29, 1.82) is 0 Å². The van der Waals surface area contributed by atoms with Crippen LogP contribution in [0.5, 0.6) is 0 Å². The van der Waals surface area contributed by atoms with Crippen molar-refractivity contribution in [2.24, 2.45) is 0 Å². The molecule has 0 saturated carbocycles. The number of ether oxygens (including phenoxy) is 1. The topological polar surface area (TPSA) is 67.3 Å². The van der Waals surface area contributed by atoms with Crippen molar-refractivity contribution in [1.82, 2.24) is 14.5 Å². The largest absolute Gasteiger partial charge is 0.379 e. The number of nitrogens with one attached hydrogen (secondary N) is 1. The van der Waals surface area contributed by atoms with Crippen LogP contribution in [-0.4, -0.2) is 47.3 Å². The average Bonchev–Trinajstić information content (AvgIpc) is 2.42. The number of morpholine rings is 1. The van der Waals surface area contributed by atoms with Crippen LogP contribution in [0.3, 0.4) is 0 Å². The SMILES string of the molecule is CC(C)c1c(Cl)[nH]c(=O)n(CCCN2CCOCC2)c1=O. The molecule has 1 saturated heterocycles. The van der Waals surface area contributed by atoms with E-state index in [-0.39, 0.29) is 16.6 Å². The van der Waals surface area contributed by atoms with Crippen molar-refractivity contribution in [3.63, 3.8) is 0 Å². The van der Waals surface area contributed by atoms with Crippen LogP contribution in [0.1, 0.15) is 31.7 Å². The average molecular weight is 316 g/mol. The molecule has 2 rings (SSSR count). The fraction of sp³-hybridized carbons (Fsp3) is 0.714. The molecule has 1 fully saturated rings. The molecule has 0 amide bonds. The van der Waals surface area contributed by atoms with E-state index >= 15 is 0 Å². The van der Waals surface area contributed by atoms with E-state index in [1.807, 2.05) is 13.8 Å². The molecule has 21 heavy (non-hydrogen) atoms. The van der Waals surface area contributed by atoms with Crippen LogP contribution in [0.4, 0.5) is 0 Å². The number of hydrogen-bond acceptors (Lipinski definition) is 4. The van der Waals surface area contributed by atoms with Crippen LogP contribution >= 0.6 is 11.6 Å². The molecule has 1 aromatic heterocycles. The van der Waals surface area contributed by atoms with E-state index in [0.717, 1.165) is 39.3 Å². The number of aromatic amines is 1. The van der Waals surface area contributed by atoms with Crippen LogP contribution in [0, 0.1) is 0 Å². The lowest BCUT2D eigenvalue weighted by Crippen LogP contribution is -2.40. The maximum atomic E-state index is 12.4. The highest BCUT2D eigenvalue weighted by atomic mass is 35.5. The molecule has 0 aromatic carbocycles. The van der Waals surface area contributed by atoms with Crippen LogP contribution in [-0.2, 0) is 11.3 Å². The monoisotopic (exact) mass is 315 g/mol. The summed E-state index contributed by atoms with van der Waals surface area (Å²) in [5, 5.41) is 0.157. The van der Waals surface area contributed by atoms with Gasteiger partial charge in [0.15, 0.2) is 0 Å². The number of H-pyrrole nitrogens is 1. The molecule has 7 heteroatoms. The zero-order chi connectivity index (χ0) is 15.4. The molecule has 0 atom stereocenters. The van der Waals surface area contributed by atoms with Crippen molar-refractivity contribution in [3.05, 3.63) is 31.6 Å². The van der Waals surface area contributed by atoms with Gasteiger partial charge in [-0.1, -0.05) is 25.4 Å². The number of hydrogen-bond donors (Lipinski definition) is 1. The molecule has 6 nitrogen and oxygen atoms in total. The first-order chi connectivity index (χ1) is 10.0. The van der Waals surface area contributed by atoms with Crippen LogP contribution in [0.2, 0.25) is 5.15 Å². The maximum Gasteiger partial charge on any atom is 0.329 e. The molecule has 0 bridgehead atoms. The zero-order valence-electron chi connectivity index (χ0n) is 12.5. The second kappa shape index (κ2) is 7.24. The van der Waals surface area contributed by atoms with Gasteiger partial charge in [0.25, 0.3) is 5.56 Å². The third-order valence-electron chi connectivity index (χ3n) is 3.71. The Morgan fingerprint density at radius 1 is 1.24 bits per heavy atom. The third-order valence-corrected chi connectivity index (χ3v) is 4.01. The highest BCUT2D eigenvalue weighted by Crippen LogP contribution is 2.16. The number of halogens is 1. The summed E-state index contributed by atoms with van der Waals surface area (Å²) in [6.07, 6.45) is 0.752. The van der Waals surface area contributed by atoms with Crippen molar-refractivity contribution in [2.45, 2.75) is 32.7 Å². The predicted octanol–water partition coefficient (Wildman–Crippen LogP) is 1.04. The minimum absolute atomic E-state index is 0.0210. The molecule has 1 N–H and O–H groups in total. The summed E-state index contributed by atoms with van der Waals surface area (Å²) in [4.78, 5) is 29.1. The van der Waals surface area contributed by atoms with Gasteiger partial charge in [0.05, 0.1) is 18.8 Å². The smallest absolute Gasteiger partial charge is 0.329 e. The van der Waals surface area contributed by atoms with Gasteiger partial charge in [0.2, 0.25) is 0 Å². The molecule has 0 spiro atoms. The number of aromatic nitrogens is 2. The van der Waals surface area contributed by atoms with E-state index in [1.54, 1.807) is 0 Å². The van der Waals surface area contributed by atoms with E-state index in [1.165, 1.54) is 4.57 Å². The van der Waals surface area contributed by atoms with Crippen molar-refractivity contribution < 1.29 is 4.74 Å². The van der Waals surface area contributed by atoms with E-state index in [0.29, 0.717) is 12.1 Å². The molecule has 118 valence electrons. The fourth-order valence-electron chi connectivity index (χ4n) is 2.54. The van der Waals surface area contributed by atoms with Gasteiger partial charge in [-0.2, -0.15) is 0 Å². The Balaban J connectivity index is 2.07. The Labute approximate surface area is 128 Å². The molecule has 1 aromatic rings. The summed E-state index contributed by atoms with van der Waals surface area (Å²) < 4.78 is 6.54. The van der Waals surface area contributed by atoms with Crippen LogP contribution < -0.4 is 11.2 Å². The standard InChI is InChI=1S/C14H22ClN3O3/c1-10(2)11-12(15)16-14(20)18(13(11)19)5-3-4-17-6-8-21-9-7-17/h10H,3-9H2,1-2H3,(H,16,20). The highest BCUT2D eigenvalue weighted by Gasteiger charge is 2.16. The molecule has 2 heterocycles. The minimum atomic E-state index is -0.434. The normalized spacial score (nSPS) is 16.6. The molecule has 0 unspecified atom stereocenters. The van der Waals surface area contributed by atoms with E-state index in [9.17, 15) is 9.59 Å². The first-order valence-electron chi connectivity index (χ1n) is 7.33. The van der Waals surface area contributed by atoms with Crippen LogP contribution in [0.15, 0.2) is 9.59 Å². The Kier molecular flexibility index (Phi) is 5.61. The molecule has 0 radical (unpaired) electrons. The van der Waals surface area contributed by atoms with Gasteiger partial charge in [-0.15, -0.1) is 0 Å². The molecule has 0 aliphatic carbocycles. The second-order valence-corrected chi connectivity index (χ2v) is 5.95. The Morgan fingerprint density at radius 3 is 2.52 bits per heavy atom. The zero-order valence-corrected chi connectivity index (χ0v) is 13.3. The van der Waals surface area contributed by atoms with Gasteiger partial charge < -0.3 is 4.74 Å². The van der Waals surface area contributed by atoms with Crippen molar-refractivity contribution >= 4 is 11.6 Å². The minimum Gasteiger partial charge on any atom is -0.379 e.